The van der Waals surface area contributed by atoms with E-state index in [4.69, 9.17) is 17.2 Å². The number of para-hydroxylation sites is 1. The Morgan fingerprint density at radius 1 is 0.753 bits per heavy atom. The minimum atomic E-state index is -1.54. The van der Waals surface area contributed by atoms with Crippen LogP contribution >= 0.6 is 21.6 Å². The molecule has 9 atom stereocenters. The number of aliphatic hydroxyl groups is 1. The summed E-state index contributed by atoms with van der Waals surface area (Å²) in [6.07, 6.45) is 0.809. The number of nitrogens with one attached hydrogen (secondary N) is 7. The van der Waals surface area contributed by atoms with Crippen LogP contribution in [-0.4, -0.2) is 129 Å². The number of benzene rings is 4. The monoisotopic (exact) mass is 1090 g/mol. The van der Waals surface area contributed by atoms with Crippen molar-refractivity contribution >= 4 is 90.4 Å². The highest BCUT2D eigenvalue weighted by atomic mass is 33.1. The Hall–Kier alpha value is -6.98. The largest absolute Gasteiger partial charge is 0.508 e. The van der Waals surface area contributed by atoms with Crippen LogP contribution in [0.5, 0.6) is 5.75 Å². The average Bonchev–Trinajstić information content (AvgIpc) is 3.81. The van der Waals surface area contributed by atoms with Gasteiger partial charge in [0, 0.05) is 47.4 Å². The summed E-state index contributed by atoms with van der Waals surface area (Å²) in [4.78, 5) is 117. The maximum Gasteiger partial charge on any atom is 0.244 e. The first-order chi connectivity index (χ1) is 36.8. The zero-order valence-electron chi connectivity index (χ0n) is 43.3. The first-order valence-corrected chi connectivity index (χ1v) is 28.1. The molecule has 0 unspecified atom stereocenters. The van der Waals surface area contributed by atoms with Crippen molar-refractivity contribution in [3.8, 4) is 5.75 Å². The number of ketones is 1. The van der Waals surface area contributed by atoms with Crippen molar-refractivity contribution in [1.29, 1.82) is 0 Å². The van der Waals surface area contributed by atoms with Gasteiger partial charge in [-0.3, -0.25) is 38.4 Å². The predicted octanol–water partition coefficient (Wildman–Crippen LogP) is 1.91. The van der Waals surface area contributed by atoms with Gasteiger partial charge in [-0.2, -0.15) is 0 Å². The molecular formula is C55H70N10O10S2. The number of phenolic OH excluding ortho intramolecular Hbond substituents is 1. The number of hydrogen-bond acceptors (Lipinski definition) is 14. The van der Waals surface area contributed by atoms with Crippen LogP contribution in [0.3, 0.4) is 0 Å². The van der Waals surface area contributed by atoms with Gasteiger partial charge in [-0.05, 0) is 97.2 Å². The van der Waals surface area contributed by atoms with Gasteiger partial charge >= 0.3 is 0 Å². The molecule has 15 N–H and O–H groups in total. The number of hydrogen-bond donors (Lipinski definition) is 12. The molecule has 0 bridgehead atoms. The van der Waals surface area contributed by atoms with E-state index in [9.17, 15) is 48.6 Å². The molecule has 6 rings (SSSR count). The third-order valence-corrected chi connectivity index (χ3v) is 15.8. The molecule has 7 amide bonds. The number of unbranched alkanes of at least 4 members (excludes halogenated alkanes) is 1. The molecule has 20 nitrogen and oxygen atoms in total. The van der Waals surface area contributed by atoms with E-state index in [0.29, 0.717) is 24.0 Å². The van der Waals surface area contributed by atoms with Crippen LogP contribution in [0.15, 0.2) is 97.2 Å². The number of aromatic hydroxyl groups is 1. The van der Waals surface area contributed by atoms with Gasteiger partial charge in [0.1, 0.15) is 36.0 Å². The van der Waals surface area contributed by atoms with E-state index in [1.165, 1.54) is 19.1 Å². The van der Waals surface area contributed by atoms with Gasteiger partial charge in [0.2, 0.25) is 41.4 Å². The number of primary amides is 1. The average molecular weight is 1100 g/mol. The van der Waals surface area contributed by atoms with Gasteiger partial charge in [0.15, 0.2) is 5.78 Å². The number of rotatable bonds is 17. The molecule has 412 valence electrons. The van der Waals surface area contributed by atoms with Crippen LogP contribution in [0.4, 0.5) is 0 Å². The highest BCUT2D eigenvalue weighted by Crippen LogP contribution is 2.27. The number of carbonyl (C=O) groups excluding carboxylic acids is 8. The van der Waals surface area contributed by atoms with E-state index in [1.807, 2.05) is 66.7 Å². The predicted molar refractivity (Wildman–Crippen MR) is 298 cm³/mol. The molecular weight excluding hydrogens is 1020 g/mol. The van der Waals surface area contributed by atoms with Gasteiger partial charge in [0.05, 0.1) is 18.2 Å². The van der Waals surface area contributed by atoms with Crippen molar-refractivity contribution < 1.29 is 48.6 Å². The molecule has 77 heavy (non-hydrogen) atoms. The Morgan fingerprint density at radius 2 is 1.42 bits per heavy atom. The summed E-state index contributed by atoms with van der Waals surface area (Å²) in [6.45, 7) is 4.87. The van der Waals surface area contributed by atoms with Crippen molar-refractivity contribution in [2.75, 3.05) is 18.1 Å². The number of aliphatic hydroxyl groups excluding tert-OH is 1. The summed E-state index contributed by atoms with van der Waals surface area (Å²) in [7, 11) is 2.10. The molecule has 1 aliphatic heterocycles. The third kappa shape index (κ3) is 17.0. The number of aromatic nitrogens is 1. The number of amides is 7. The third-order valence-electron chi connectivity index (χ3n) is 13.4. The standard InChI is InChI=1S/C55H70N10O10S2/c1-30(2)47-55(75)63-45(54(74)65-48(31(3)66)49(58)69)29-77-76-28-44(62-51(71)40(57)24-33-15-18-34-10-4-5-11-35(34)23-33)46(68)26-36(22-32-16-19-38(67)20-17-32)50(70)61-43(25-37-27-59-41-13-7-6-12-39(37)41)53(73)60-42(52(72)64-47)14-8-9-21-56/h4-7,10-13,15-20,23,27,30-31,36,40,42-45,47-48,59,66-67H,8-9,14,21-22,24-26,28-29,56-57H2,1-3H3,(H2,58,69)(H,60,73)(H,61,70)(H,62,71)(H,63,75)(H,64,72)(H,65,74)/t31-,36-,40-,42+,43-,44-,45-,47+,48+/m1/s1. The fraction of sp³-hybridized carbons (Fsp3) is 0.418. The second-order valence-electron chi connectivity index (χ2n) is 19.8. The number of nitrogens with two attached hydrogens (primary N) is 3. The number of Topliss-reactive ketones (excluding diaryl/α,β-unsaturated/α-hetero) is 1. The van der Waals surface area contributed by atoms with Crippen molar-refractivity contribution in [2.45, 2.75) is 114 Å². The Bertz CT molecular complexity index is 2880. The van der Waals surface area contributed by atoms with Gasteiger partial charge in [-0.25, -0.2) is 0 Å². The van der Waals surface area contributed by atoms with Crippen LogP contribution in [0.2, 0.25) is 0 Å². The minimum Gasteiger partial charge on any atom is -0.508 e. The molecule has 0 aliphatic carbocycles. The van der Waals surface area contributed by atoms with E-state index < -0.39 is 114 Å². The maximum absolute atomic E-state index is 14.9. The zero-order valence-corrected chi connectivity index (χ0v) is 44.9. The van der Waals surface area contributed by atoms with Gasteiger partial charge < -0.3 is 64.3 Å². The van der Waals surface area contributed by atoms with Crippen molar-refractivity contribution in [1.82, 2.24) is 36.9 Å². The first kappa shape index (κ1) is 59.3. The van der Waals surface area contributed by atoms with Gasteiger partial charge in [-0.15, -0.1) is 0 Å². The van der Waals surface area contributed by atoms with Crippen molar-refractivity contribution in [2.24, 2.45) is 29.0 Å². The number of H-pyrrole nitrogens is 1. The highest BCUT2D eigenvalue weighted by Gasteiger charge is 2.37. The lowest BCUT2D eigenvalue weighted by atomic mass is 9.90. The van der Waals surface area contributed by atoms with Gasteiger partial charge in [-0.1, -0.05) is 108 Å². The highest BCUT2D eigenvalue weighted by molar-refractivity contribution is 8.76. The Kier molecular flexibility index (Phi) is 21.9. The fourth-order valence-corrected chi connectivity index (χ4v) is 11.3. The maximum atomic E-state index is 14.9. The fourth-order valence-electron chi connectivity index (χ4n) is 8.97. The molecule has 4 aromatic carbocycles. The van der Waals surface area contributed by atoms with E-state index in [-0.39, 0.29) is 49.5 Å². The van der Waals surface area contributed by atoms with Crippen molar-refractivity contribution in [3.05, 3.63) is 114 Å². The summed E-state index contributed by atoms with van der Waals surface area (Å²) in [5.74, 6) is -8.24. The van der Waals surface area contributed by atoms with Crippen molar-refractivity contribution in [3.63, 3.8) is 0 Å². The summed E-state index contributed by atoms with van der Waals surface area (Å²) >= 11 is 0. The number of phenols is 1. The molecule has 22 heteroatoms. The Morgan fingerprint density at radius 3 is 2.12 bits per heavy atom. The quantitative estimate of drug-likeness (QED) is 0.0468. The second-order valence-corrected chi connectivity index (χ2v) is 22.3. The molecule has 0 spiro atoms. The van der Waals surface area contributed by atoms with E-state index in [0.717, 1.165) is 48.8 Å². The smallest absolute Gasteiger partial charge is 0.244 e. The lowest BCUT2D eigenvalue weighted by molar-refractivity contribution is -0.136. The molecule has 0 saturated carbocycles. The molecule has 1 fully saturated rings. The van der Waals surface area contributed by atoms with E-state index >= 15 is 0 Å². The summed E-state index contributed by atoms with van der Waals surface area (Å²) in [5.41, 5.74) is 20.7. The topological polar surface area (TPSA) is 343 Å². The lowest BCUT2D eigenvalue weighted by Gasteiger charge is -2.29. The van der Waals surface area contributed by atoms with Crippen LogP contribution in [0.25, 0.3) is 21.7 Å². The molecule has 5 aromatic rings. The first-order valence-electron chi connectivity index (χ1n) is 25.6. The van der Waals surface area contributed by atoms with Crippen LogP contribution < -0.4 is 49.1 Å². The molecule has 0 radical (unpaired) electrons. The number of aromatic amines is 1. The van der Waals surface area contributed by atoms with Crippen LogP contribution in [-0.2, 0) is 57.6 Å². The SMILES string of the molecule is CC(C)[C@@H]1NC(=O)[C@H](CCCCN)NC(=O)[C@@H](Cc2c[nH]c3ccccc23)NC(=O)[C@H](Cc2ccc(O)cc2)CC(=O)[C@H](NC(=O)[C@H](N)Cc2ccc3ccccc3c2)CSSC[C@H](C(=O)N[C@H](C(N)=O)[C@@H](C)O)NC1=O. The van der Waals surface area contributed by atoms with Crippen LogP contribution in [0.1, 0.15) is 63.1 Å². The number of fused-ring (bicyclic) bond motifs is 2. The van der Waals surface area contributed by atoms with E-state index in [1.54, 1.807) is 32.2 Å². The molecule has 1 aromatic heterocycles. The summed E-state index contributed by atoms with van der Waals surface area (Å²) < 4.78 is 0. The zero-order chi connectivity index (χ0) is 55.8. The summed E-state index contributed by atoms with van der Waals surface area (Å²) in [5, 5.41) is 39.6. The minimum absolute atomic E-state index is 0.0296. The summed E-state index contributed by atoms with van der Waals surface area (Å²) in [6, 6.07) is 17.7. The second kappa shape index (κ2) is 28.4. The Balaban J connectivity index is 1.39. The number of carbonyl (C=O) groups is 8. The molecule has 1 aliphatic rings. The van der Waals surface area contributed by atoms with Gasteiger partial charge in [0.25, 0.3) is 0 Å². The van der Waals surface area contributed by atoms with E-state index in [2.05, 4.69) is 36.9 Å². The Labute approximate surface area is 454 Å². The lowest BCUT2D eigenvalue weighted by Crippen LogP contribution is -2.61. The molecule has 2 heterocycles. The normalized spacial score (nSPS) is 21.7. The van der Waals surface area contributed by atoms with Crippen LogP contribution in [0, 0.1) is 11.8 Å². The molecule has 1 saturated heterocycles.